The van der Waals surface area contributed by atoms with Gasteiger partial charge in [0, 0.05) is 4.47 Å². The van der Waals surface area contributed by atoms with Gasteiger partial charge in [-0.15, -0.1) is 0 Å². The van der Waals surface area contributed by atoms with Crippen LogP contribution >= 0.6 is 15.9 Å². The Morgan fingerprint density at radius 3 is 2.80 bits per heavy atom. The fourth-order valence-electron chi connectivity index (χ4n) is 0.819. The number of benzene rings is 1. The minimum Gasteiger partial charge on any atom is -0.486 e. The van der Waals surface area contributed by atoms with E-state index in [9.17, 15) is 9.18 Å². The first-order valence-electron chi connectivity index (χ1n) is 3.99. The molecule has 5 heteroatoms. The van der Waals surface area contributed by atoms with E-state index in [0.717, 1.165) is 0 Å². The van der Waals surface area contributed by atoms with E-state index in [1.807, 2.05) is 0 Å². The van der Waals surface area contributed by atoms with Crippen molar-refractivity contribution in [3.63, 3.8) is 0 Å². The molecule has 0 atom stereocenters. The topological polar surface area (TPSA) is 46.5 Å². The summed E-state index contributed by atoms with van der Waals surface area (Å²) in [6.45, 7) is 3.02. The van der Waals surface area contributed by atoms with E-state index in [-0.39, 0.29) is 17.9 Å². The van der Waals surface area contributed by atoms with Crippen molar-refractivity contribution < 1.29 is 19.0 Å². The highest BCUT2D eigenvalue weighted by Crippen LogP contribution is 2.21. The Labute approximate surface area is 94.3 Å². The van der Waals surface area contributed by atoms with Crippen LogP contribution in [-0.4, -0.2) is 17.7 Å². The van der Waals surface area contributed by atoms with Crippen LogP contribution in [-0.2, 0) is 4.79 Å². The standard InChI is InChI=1S/C10H8BrFO3/c1-6(10(13)14)5-15-9-3-2-7(11)4-8(9)12/h2-4H,1,5H2,(H,13,14). The van der Waals surface area contributed by atoms with Crippen LogP contribution in [0.3, 0.4) is 0 Å². The number of carboxylic acids is 1. The molecule has 1 N–H and O–H groups in total. The Hall–Kier alpha value is -1.36. The highest BCUT2D eigenvalue weighted by Gasteiger charge is 2.07. The number of halogens is 2. The average molecular weight is 275 g/mol. The lowest BCUT2D eigenvalue weighted by Gasteiger charge is -2.06. The zero-order valence-electron chi connectivity index (χ0n) is 7.67. The SMILES string of the molecule is C=C(COc1ccc(Br)cc1F)C(=O)O. The number of hydrogen-bond donors (Lipinski definition) is 1. The van der Waals surface area contributed by atoms with Crippen LogP contribution in [0, 0.1) is 5.82 Å². The third-order valence-electron chi connectivity index (χ3n) is 1.60. The Balaban J connectivity index is 2.66. The minimum absolute atomic E-state index is 0.000556. The summed E-state index contributed by atoms with van der Waals surface area (Å²) in [5.74, 6) is -1.71. The van der Waals surface area contributed by atoms with Gasteiger partial charge in [0.05, 0.1) is 5.57 Å². The van der Waals surface area contributed by atoms with Crippen LogP contribution in [0.25, 0.3) is 0 Å². The van der Waals surface area contributed by atoms with Crippen molar-refractivity contribution in [1.29, 1.82) is 0 Å². The van der Waals surface area contributed by atoms with Crippen LogP contribution in [0.5, 0.6) is 5.75 Å². The summed E-state index contributed by atoms with van der Waals surface area (Å²) in [4.78, 5) is 10.4. The lowest BCUT2D eigenvalue weighted by molar-refractivity contribution is -0.133. The summed E-state index contributed by atoms with van der Waals surface area (Å²) >= 11 is 3.09. The van der Waals surface area contributed by atoms with Crippen LogP contribution < -0.4 is 4.74 Å². The van der Waals surface area contributed by atoms with Crippen LogP contribution in [0.2, 0.25) is 0 Å². The Bertz CT molecular complexity index is 404. The van der Waals surface area contributed by atoms with Gasteiger partial charge >= 0.3 is 5.97 Å². The first-order chi connectivity index (χ1) is 7.00. The Morgan fingerprint density at radius 1 is 1.60 bits per heavy atom. The molecule has 0 aromatic heterocycles. The molecule has 0 saturated carbocycles. The molecular formula is C10H8BrFO3. The second-order valence-electron chi connectivity index (χ2n) is 2.77. The number of rotatable bonds is 4. The van der Waals surface area contributed by atoms with Crippen molar-refractivity contribution >= 4 is 21.9 Å². The van der Waals surface area contributed by atoms with Gasteiger partial charge in [-0.3, -0.25) is 0 Å². The lowest BCUT2D eigenvalue weighted by atomic mass is 10.3. The minimum atomic E-state index is -1.16. The quantitative estimate of drug-likeness (QED) is 0.859. The molecule has 0 saturated heterocycles. The van der Waals surface area contributed by atoms with Crippen LogP contribution in [0.15, 0.2) is 34.8 Å². The molecule has 0 aliphatic rings. The number of carboxylic acid groups (broad SMARTS) is 1. The van der Waals surface area contributed by atoms with E-state index in [0.29, 0.717) is 4.47 Å². The molecule has 0 amide bonds. The van der Waals surface area contributed by atoms with Crippen molar-refractivity contribution in [2.75, 3.05) is 6.61 Å². The van der Waals surface area contributed by atoms with Crippen molar-refractivity contribution in [2.45, 2.75) is 0 Å². The van der Waals surface area contributed by atoms with Gasteiger partial charge < -0.3 is 9.84 Å². The predicted molar refractivity (Wildman–Crippen MR) is 56.4 cm³/mol. The van der Waals surface area contributed by atoms with Gasteiger partial charge in [-0.2, -0.15) is 0 Å². The van der Waals surface area contributed by atoms with Gasteiger partial charge in [0.2, 0.25) is 0 Å². The van der Waals surface area contributed by atoms with E-state index in [1.165, 1.54) is 12.1 Å². The number of aliphatic carboxylic acids is 1. The van der Waals surface area contributed by atoms with Gasteiger partial charge in [0.1, 0.15) is 6.61 Å². The first-order valence-corrected chi connectivity index (χ1v) is 4.79. The van der Waals surface area contributed by atoms with E-state index in [4.69, 9.17) is 9.84 Å². The summed E-state index contributed by atoms with van der Waals surface area (Å²) in [5, 5.41) is 8.49. The Morgan fingerprint density at radius 2 is 2.27 bits per heavy atom. The first kappa shape index (κ1) is 11.7. The number of ether oxygens (including phenoxy) is 1. The van der Waals surface area contributed by atoms with Crippen molar-refractivity contribution in [1.82, 2.24) is 0 Å². The molecule has 0 fully saturated rings. The summed E-state index contributed by atoms with van der Waals surface area (Å²) in [6, 6.07) is 4.25. The van der Waals surface area contributed by atoms with E-state index < -0.39 is 11.8 Å². The van der Waals surface area contributed by atoms with Gasteiger partial charge in [0.15, 0.2) is 11.6 Å². The maximum absolute atomic E-state index is 13.2. The zero-order valence-corrected chi connectivity index (χ0v) is 9.25. The van der Waals surface area contributed by atoms with Gasteiger partial charge in [0.25, 0.3) is 0 Å². The predicted octanol–water partition coefficient (Wildman–Crippen LogP) is 2.61. The largest absolute Gasteiger partial charge is 0.486 e. The van der Waals surface area contributed by atoms with E-state index >= 15 is 0 Å². The third kappa shape index (κ3) is 3.36. The molecule has 0 heterocycles. The number of carbonyl (C=O) groups is 1. The average Bonchev–Trinajstić information content (AvgIpc) is 2.15. The normalized spacial score (nSPS) is 9.73. The fourth-order valence-corrected chi connectivity index (χ4v) is 1.15. The van der Waals surface area contributed by atoms with Crippen molar-refractivity contribution in [2.24, 2.45) is 0 Å². The molecule has 0 unspecified atom stereocenters. The molecule has 15 heavy (non-hydrogen) atoms. The van der Waals surface area contributed by atoms with E-state index in [2.05, 4.69) is 22.5 Å². The summed E-state index contributed by atoms with van der Waals surface area (Å²) in [5.41, 5.74) is -0.127. The second kappa shape index (κ2) is 4.93. The second-order valence-corrected chi connectivity index (χ2v) is 3.69. The molecule has 0 spiro atoms. The maximum Gasteiger partial charge on any atom is 0.334 e. The molecule has 1 aromatic carbocycles. The van der Waals surface area contributed by atoms with Gasteiger partial charge in [-0.05, 0) is 18.2 Å². The molecule has 3 nitrogen and oxygen atoms in total. The molecule has 1 aromatic rings. The van der Waals surface area contributed by atoms with Crippen LogP contribution in [0.4, 0.5) is 4.39 Å². The molecule has 0 aliphatic carbocycles. The highest BCUT2D eigenvalue weighted by molar-refractivity contribution is 9.10. The monoisotopic (exact) mass is 274 g/mol. The molecule has 80 valence electrons. The molecule has 0 radical (unpaired) electrons. The lowest BCUT2D eigenvalue weighted by Crippen LogP contribution is -2.09. The zero-order chi connectivity index (χ0) is 11.4. The number of hydrogen-bond acceptors (Lipinski definition) is 2. The fraction of sp³-hybridized carbons (Fsp3) is 0.100. The summed E-state index contributed by atoms with van der Waals surface area (Å²) < 4.78 is 18.7. The van der Waals surface area contributed by atoms with Crippen LogP contribution in [0.1, 0.15) is 0 Å². The third-order valence-corrected chi connectivity index (χ3v) is 2.09. The molecular weight excluding hydrogens is 267 g/mol. The molecule has 0 bridgehead atoms. The smallest absolute Gasteiger partial charge is 0.334 e. The van der Waals surface area contributed by atoms with Crippen molar-refractivity contribution in [3.05, 3.63) is 40.6 Å². The summed E-state index contributed by atoms with van der Waals surface area (Å²) in [6.07, 6.45) is 0. The maximum atomic E-state index is 13.2. The highest BCUT2D eigenvalue weighted by atomic mass is 79.9. The van der Waals surface area contributed by atoms with Crippen molar-refractivity contribution in [3.8, 4) is 5.75 Å². The Kier molecular flexibility index (Phi) is 3.85. The van der Waals surface area contributed by atoms with Gasteiger partial charge in [-0.1, -0.05) is 22.5 Å². The molecule has 0 aliphatic heterocycles. The molecule has 1 rings (SSSR count). The summed E-state index contributed by atoms with van der Waals surface area (Å²) in [7, 11) is 0. The van der Waals surface area contributed by atoms with E-state index in [1.54, 1.807) is 6.07 Å². The van der Waals surface area contributed by atoms with Gasteiger partial charge in [-0.25, -0.2) is 9.18 Å².